The lowest BCUT2D eigenvalue weighted by molar-refractivity contribution is -0.139. The van der Waals surface area contributed by atoms with Crippen LogP contribution in [0.15, 0.2) is 54.7 Å². The molecular weight excluding hydrogens is 292 g/mol. The van der Waals surface area contributed by atoms with Crippen LogP contribution >= 0.6 is 0 Å². The number of benzene rings is 2. The minimum absolute atomic E-state index is 0.242. The molecule has 1 amide bonds. The second-order valence-electron chi connectivity index (χ2n) is 5.64. The van der Waals surface area contributed by atoms with Crippen LogP contribution in [0, 0.1) is 0 Å². The maximum Gasteiger partial charge on any atom is 0.313 e. The van der Waals surface area contributed by atoms with E-state index in [2.05, 4.69) is 10.3 Å². The molecule has 2 aromatic carbocycles. The number of fused-ring (bicyclic) bond motifs is 2. The van der Waals surface area contributed by atoms with Gasteiger partial charge in [0.05, 0.1) is 6.04 Å². The first kappa shape index (κ1) is 13.6. The van der Waals surface area contributed by atoms with Crippen LogP contribution < -0.4 is 5.32 Å². The first-order valence-corrected chi connectivity index (χ1v) is 7.35. The molecule has 2 unspecified atom stereocenters. The number of carbonyl (C=O) groups excluding carboxylic acids is 1. The van der Waals surface area contributed by atoms with E-state index in [0.29, 0.717) is 11.1 Å². The zero-order valence-electron chi connectivity index (χ0n) is 12.1. The van der Waals surface area contributed by atoms with Crippen molar-refractivity contribution in [2.24, 2.45) is 0 Å². The first-order chi connectivity index (χ1) is 11.2. The average molecular weight is 306 g/mol. The van der Waals surface area contributed by atoms with Crippen LogP contribution in [0.2, 0.25) is 0 Å². The lowest BCUT2D eigenvalue weighted by Crippen LogP contribution is -2.41. The van der Waals surface area contributed by atoms with E-state index < -0.39 is 17.9 Å². The Hall–Kier alpha value is -3.08. The van der Waals surface area contributed by atoms with Crippen LogP contribution in [0.3, 0.4) is 0 Å². The third kappa shape index (κ3) is 2.01. The van der Waals surface area contributed by atoms with Gasteiger partial charge in [0, 0.05) is 28.2 Å². The summed E-state index contributed by atoms with van der Waals surface area (Å²) in [6.45, 7) is 0. The predicted molar refractivity (Wildman–Crippen MR) is 85.3 cm³/mol. The van der Waals surface area contributed by atoms with Gasteiger partial charge in [-0.05, 0) is 17.7 Å². The number of amides is 1. The molecule has 2 heterocycles. The van der Waals surface area contributed by atoms with Crippen molar-refractivity contribution in [3.63, 3.8) is 0 Å². The maximum atomic E-state index is 12.4. The van der Waals surface area contributed by atoms with Gasteiger partial charge >= 0.3 is 5.97 Å². The van der Waals surface area contributed by atoms with Crippen molar-refractivity contribution in [1.29, 1.82) is 0 Å². The number of hydrogen-bond donors (Lipinski definition) is 3. The molecule has 114 valence electrons. The molecule has 3 N–H and O–H groups in total. The van der Waals surface area contributed by atoms with Crippen molar-refractivity contribution >= 4 is 22.8 Å². The molecule has 23 heavy (non-hydrogen) atoms. The molecule has 1 aliphatic rings. The number of carboxylic acid groups (broad SMARTS) is 1. The number of aliphatic carboxylic acids is 1. The second-order valence-corrected chi connectivity index (χ2v) is 5.64. The number of carbonyl (C=O) groups is 2. The van der Waals surface area contributed by atoms with Gasteiger partial charge in [-0.2, -0.15) is 0 Å². The van der Waals surface area contributed by atoms with Gasteiger partial charge in [-0.1, -0.05) is 36.4 Å². The molecule has 4 rings (SSSR count). The highest BCUT2D eigenvalue weighted by molar-refractivity contribution is 6.01. The molecule has 0 aliphatic carbocycles. The Bertz CT molecular complexity index is 929. The van der Waals surface area contributed by atoms with E-state index >= 15 is 0 Å². The number of H-pyrrole nitrogens is 1. The minimum Gasteiger partial charge on any atom is -0.481 e. The molecular formula is C18H14N2O3. The zero-order chi connectivity index (χ0) is 16.0. The molecule has 0 fully saturated rings. The van der Waals surface area contributed by atoms with Gasteiger partial charge in [0.15, 0.2) is 0 Å². The van der Waals surface area contributed by atoms with Crippen LogP contribution in [0.25, 0.3) is 10.9 Å². The normalized spacial score (nSPS) is 20.1. The van der Waals surface area contributed by atoms with E-state index in [4.69, 9.17) is 0 Å². The number of nitrogens with one attached hydrogen (secondary N) is 2. The third-order valence-electron chi connectivity index (χ3n) is 4.38. The Morgan fingerprint density at radius 3 is 2.57 bits per heavy atom. The fraction of sp³-hybridized carbons (Fsp3) is 0.111. The Morgan fingerprint density at radius 1 is 1.00 bits per heavy atom. The Labute approximate surface area is 132 Å². The van der Waals surface area contributed by atoms with Gasteiger partial charge in [-0.25, -0.2) is 0 Å². The van der Waals surface area contributed by atoms with Crippen molar-refractivity contribution in [2.45, 2.75) is 12.0 Å². The summed E-state index contributed by atoms with van der Waals surface area (Å²) in [5.41, 5.74) is 2.69. The van der Waals surface area contributed by atoms with Crippen LogP contribution in [-0.2, 0) is 4.79 Å². The maximum absolute atomic E-state index is 12.4. The Kier molecular flexibility index (Phi) is 2.94. The molecule has 5 nitrogen and oxygen atoms in total. The molecule has 0 saturated heterocycles. The molecule has 2 atom stereocenters. The van der Waals surface area contributed by atoms with Crippen molar-refractivity contribution in [2.75, 3.05) is 0 Å². The summed E-state index contributed by atoms with van der Waals surface area (Å²) in [5.74, 6) is -2.01. The number of rotatable bonds is 2. The van der Waals surface area contributed by atoms with E-state index in [-0.39, 0.29) is 5.91 Å². The van der Waals surface area contributed by atoms with Gasteiger partial charge in [-0.3, -0.25) is 9.59 Å². The average Bonchev–Trinajstić information content (AvgIpc) is 2.98. The molecule has 1 aliphatic heterocycles. The van der Waals surface area contributed by atoms with Gasteiger partial charge in [0.1, 0.15) is 5.92 Å². The van der Waals surface area contributed by atoms with Crippen LogP contribution in [0.5, 0.6) is 0 Å². The van der Waals surface area contributed by atoms with Crippen molar-refractivity contribution in [3.8, 4) is 0 Å². The van der Waals surface area contributed by atoms with E-state index in [9.17, 15) is 14.7 Å². The van der Waals surface area contributed by atoms with Gasteiger partial charge in [-0.15, -0.1) is 0 Å². The third-order valence-corrected chi connectivity index (χ3v) is 4.38. The van der Waals surface area contributed by atoms with Gasteiger partial charge < -0.3 is 15.4 Å². The lowest BCUT2D eigenvalue weighted by atomic mass is 9.81. The molecule has 0 bridgehead atoms. The molecule has 0 spiro atoms. The summed E-state index contributed by atoms with van der Waals surface area (Å²) in [6, 6.07) is 13.9. The highest BCUT2D eigenvalue weighted by Crippen LogP contribution is 2.39. The van der Waals surface area contributed by atoms with Gasteiger partial charge in [0.25, 0.3) is 5.91 Å². The number of hydrogen-bond acceptors (Lipinski definition) is 2. The summed E-state index contributed by atoms with van der Waals surface area (Å²) in [4.78, 5) is 27.4. The van der Waals surface area contributed by atoms with E-state index in [0.717, 1.165) is 16.5 Å². The number of aromatic amines is 1. The minimum atomic E-state index is -0.951. The number of para-hydroxylation sites is 1. The fourth-order valence-electron chi connectivity index (χ4n) is 3.34. The number of carboxylic acids is 1. The fourth-order valence-corrected chi connectivity index (χ4v) is 3.34. The molecule has 3 aromatic rings. The summed E-state index contributed by atoms with van der Waals surface area (Å²) >= 11 is 0. The monoisotopic (exact) mass is 306 g/mol. The summed E-state index contributed by atoms with van der Waals surface area (Å²) in [6.07, 6.45) is 1.78. The molecule has 0 radical (unpaired) electrons. The van der Waals surface area contributed by atoms with Crippen LogP contribution in [0.4, 0.5) is 0 Å². The van der Waals surface area contributed by atoms with E-state index in [1.165, 1.54) is 0 Å². The highest BCUT2D eigenvalue weighted by atomic mass is 16.4. The van der Waals surface area contributed by atoms with Crippen molar-refractivity contribution < 1.29 is 14.7 Å². The summed E-state index contributed by atoms with van der Waals surface area (Å²) in [7, 11) is 0. The summed E-state index contributed by atoms with van der Waals surface area (Å²) < 4.78 is 0. The highest BCUT2D eigenvalue weighted by Gasteiger charge is 2.39. The van der Waals surface area contributed by atoms with Crippen LogP contribution in [0.1, 0.15) is 33.4 Å². The smallest absolute Gasteiger partial charge is 0.313 e. The largest absolute Gasteiger partial charge is 0.481 e. The van der Waals surface area contributed by atoms with Crippen molar-refractivity contribution in [3.05, 3.63) is 71.4 Å². The molecule has 1 aromatic heterocycles. The summed E-state index contributed by atoms with van der Waals surface area (Å²) in [5, 5.41) is 13.5. The topological polar surface area (TPSA) is 82.2 Å². The Balaban J connectivity index is 1.91. The van der Waals surface area contributed by atoms with E-state index in [1.807, 2.05) is 24.3 Å². The van der Waals surface area contributed by atoms with Crippen molar-refractivity contribution in [1.82, 2.24) is 10.3 Å². The molecule has 0 saturated carbocycles. The quantitative estimate of drug-likeness (QED) is 0.681. The second kappa shape index (κ2) is 4.98. The number of aromatic nitrogens is 1. The molecule has 5 heteroatoms. The van der Waals surface area contributed by atoms with Gasteiger partial charge in [0.2, 0.25) is 0 Å². The zero-order valence-corrected chi connectivity index (χ0v) is 12.1. The standard InChI is InChI=1S/C18H14N2O3/c21-17-12-7-2-1-6-11(12)15(18(22)23)16(20-17)13-9-19-14-8-4-3-5-10(13)14/h1-9,15-16,19H,(H,20,21)(H,22,23). The first-order valence-electron chi connectivity index (χ1n) is 7.35. The lowest BCUT2D eigenvalue weighted by Gasteiger charge is -2.31. The predicted octanol–water partition coefficient (Wildman–Crippen LogP) is 2.82. The van der Waals surface area contributed by atoms with Crippen LogP contribution in [-0.4, -0.2) is 22.0 Å². The Morgan fingerprint density at radius 2 is 1.74 bits per heavy atom. The SMILES string of the molecule is O=C1NC(c2c[nH]c3ccccc23)C(C(=O)O)c2ccccc21. The van der Waals surface area contributed by atoms with E-state index in [1.54, 1.807) is 30.5 Å².